The van der Waals surface area contributed by atoms with Gasteiger partial charge in [0.1, 0.15) is 0 Å². The van der Waals surface area contributed by atoms with Gasteiger partial charge >= 0.3 is 0 Å². The van der Waals surface area contributed by atoms with Crippen LogP contribution in [0.2, 0.25) is 10.0 Å². The summed E-state index contributed by atoms with van der Waals surface area (Å²) in [5, 5.41) is 9.52. The maximum atomic E-state index is 12.6. The molecule has 0 heterocycles. The number of rotatable bonds is 5. The first kappa shape index (κ1) is 15.4. The monoisotopic (exact) mass is 316 g/mol. The Bertz CT molecular complexity index is 481. The number of aliphatic hydroxyl groups is 1. The van der Waals surface area contributed by atoms with Crippen LogP contribution < -0.4 is 5.73 Å². The molecule has 0 aliphatic heterocycles. The number of hydrogen-bond donors (Lipinski definition) is 2. The second kappa shape index (κ2) is 6.66. The van der Waals surface area contributed by atoms with Crippen LogP contribution in [0.1, 0.15) is 36.0 Å². The van der Waals surface area contributed by atoms with Crippen LogP contribution in [-0.4, -0.2) is 35.1 Å². The first-order valence-electron chi connectivity index (χ1n) is 6.71. The van der Waals surface area contributed by atoms with Gasteiger partial charge in [0.25, 0.3) is 5.91 Å². The lowest BCUT2D eigenvalue weighted by molar-refractivity contribution is 0.0562. The van der Waals surface area contributed by atoms with Gasteiger partial charge in [-0.15, -0.1) is 0 Å². The largest absolute Gasteiger partial charge is 0.397 e. The summed E-state index contributed by atoms with van der Waals surface area (Å²) < 4.78 is 0. The van der Waals surface area contributed by atoms with Crippen molar-refractivity contribution >= 4 is 34.8 Å². The number of carbonyl (C=O) groups excluding carboxylic acids is 1. The van der Waals surface area contributed by atoms with Crippen molar-refractivity contribution in [1.82, 2.24) is 4.90 Å². The minimum absolute atomic E-state index is 0.0695. The zero-order chi connectivity index (χ0) is 14.7. The predicted octanol–water partition coefficient (Wildman–Crippen LogP) is 2.95. The smallest absolute Gasteiger partial charge is 0.254 e. The summed E-state index contributed by atoms with van der Waals surface area (Å²) in [6, 6.07) is 3.36. The van der Waals surface area contributed by atoms with Crippen LogP contribution in [0.5, 0.6) is 0 Å². The Morgan fingerprint density at radius 1 is 1.40 bits per heavy atom. The number of hydrogen-bond acceptors (Lipinski definition) is 3. The molecule has 110 valence electrons. The van der Waals surface area contributed by atoms with Gasteiger partial charge in [0, 0.05) is 24.8 Å². The van der Waals surface area contributed by atoms with E-state index in [9.17, 15) is 4.79 Å². The fourth-order valence-corrected chi connectivity index (χ4v) is 2.62. The highest BCUT2D eigenvalue weighted by Crippen LogP contribution is 2.31. The maximum absolute atomic E-state index is 12.6. The Labute approximate surface area is 128 Å². The van der Waals surface area contributed by atoms with Crippen molar-refractivity contribution in [3.63, 3.8) is 0 Å². The molecule has 1 aliphatic rings. The lowest BCUT2D eigenvalue weighted by atomic mass is 9.90. The van der Waals surface area contributed by atoms with E-state index in [4.69, 9.17) is 34.0 Å². The van der Waals surface area contributed by atoms with Crippen molar-refractivity contribution in [2.24, 2.45) is 0 Å². The van der Waals surface area contributed by atoms with E-state index in [0.29, 0.717) is 24.2 Å². The van der Waals surface area contributed by atoms with Gasteiger partial charge in [-0.1, -0.05) is 23.2 Å². The number of benzene rings is 1. The van der Waals surface area contributed by atoms with Gasteiger partial charge in [-0.3, -0.25) is 4.79 Å². The van der Waals surface area contributed by atoms with E-state index in [0.717, 1.165) is 19.3 Å². The van der Waals surface area contributed by atoms with Crippen molar-refractivity contribution in [2.45, 2.75) is 31.7 Å². The summed E-state index contributed by atoms with van der Waals surface area (Å²) in [6.07, 6.45) is 3.72. The van der Waals surface area contributed by atoms with Crippen LogP contribution in [0, 0.1) is 0 Å². The molecule has 6 heteroatoms. The van der Waals surface area contributed by atoms with Crippen molar-refractivity contribution in [3.8, 4) is 0 Å². The van der Waals surface area contributed by atoms with Gasteiger partial charge in [-0.2, -0.15) is 0 Å². The zero-order valence-corrected chi connectivity index (χ0v) is 12.6. The van der Waals surface area contributed by atoms with Crippen LogP contribution >= 0.6 is 23.2 Å². The number of nitrogen functional groups attached to an aromatic ring is 1. The molecular weight excluding hydrogens is 299 g/mol. The molecule has 1 aromatic rings. The molecule has 0 atom stereocenters. The lowest BCUT2D eigenvalue weighted by Gasteiger charge is -2.37. The molecule has 3 N–H and O–H groups in total. The van der Waals surface area contributed by atoms with E-state index in [1.54, 1.807) is 17.0 Å². The molecule has 0 bridgehead atoms. The van der Waals surface area contributed by atoms with Gasteiger partial charge in [0.15, 0.2) is 0 Å². The average molecular weight is 317 g/mol. The highest BCUT2D eigenvalue weighted by molar-refractivity contribution is 6.43. The fourth-order valence-electron chi connectivity index (χ4n) is 2.29. The minimum atomic E-state index is -0.103. The summed E-state index contributed by atoms with van der Waals surface area (Å²) in [7, 11) is 0. The molecule has 0 saturated heterocycles. The first-order valence-corrected chi connectivity index (χ1v) is 7.46. The lowest BCUT2D eigenvalue weighted by Crippen LogP contribution is -2.45. The summed E-state index contributed by atoms with van der Waals surface area (Å²) in [4.78, 5) is 14.4. The molecule has 0 spiro atoms. The van der Waals surface area contributed by atoms with Gasteiger partial charge in [0.2, 0.25) is 0 Å². The molecule has 1 aromatic carbocycles. The molecule has 2 rings (SSSR count). The summed E-state index contributed by atoms with van der Waals surface area (Å²) >= 11 is 11.9. The Morgan fingerprint density at radius 2 is 2.10 bits per heavy atom. The van der Waals surface area contributed by atoms with Crippen molar-refractivity contribution in [3.05, 3.63) is 27.7 Å². The second-order valence-electron chi connectivity index (χ2n) is 5.02. The van der Waals surface area contributed by atoms with Gasteiger partial charge in [-0.05, 0) is 37.8 Å². The van der Waals surface area contributed by atoms with E-state index < -0.39 is 0 Å². The highest BCUT2D eigenvalue weighted by atomic mass is 35.5. The highest BCUT2D eigenvalue weighted by Gasteiger charge is 2.29. The molecule has 0 unspecified atom stereocenters. The Hall–Kier alpha value is -0.970. The molecule has 20 heavy (non-hydrogen) atoms. The molecule has 0 radical (unpaired) electrons. The molecule has 1 fully saturated rings. The number of nitrogens with two attached hydrogens (primary N) is 1. The van der Waals surface area contributed by atoms with Crippen molar-refractivity contribution < 1.29 is 9.90 Å². The molecule has 1 amide bonds. The van der Waals surface area contributed by atoms with Crippen molar-refractivity contribution in [1.29, 1.82) is 0 Å². The third-order valence-electron chi connectivity index (χ3n) is 3.64. The minimum Gasteiger partial charge on any atom is -0.397 e. The summed E-state index contributed by atoms with van der Waals surface area (Å²) in [6.45, 7) is 0.611. The number of anilines is 1. The number of halogens is 2. The van der Waals surface area contributed by atoms with Crippen LogP contribution in [-0.2, 0) is 0 Å². The Kier molecular flexibility index (Phi) is 5.13. The Balaban J connectivity index is 2.22. The molecular formula is C14H18Cl2N2O2. The fraction of sp³-hybridized carbons (Fsp3) is 0.500. The van der Waals surface area contributed by atoms with E-state index in [-0.39, 0.29) is 28.6 Å². The topological polar surface area (TPSA) is 66.6 Å². The molecule has 1 aliphatic carbocycles. The van der Waals surface area contributed by atoms with E-state index >= 15 is 0 Å². The molecule has 4 nitrogen and oxygen atoms in total. The van der Waals surface area contributed by atoms with Gasteiger partial charge in [-0.25, -0.2) is 0 Å². The maximum Gasteiger partial charge on any atom is 0.254 e. The van der Waals surface area contributed by atoms with Crippen LogP contribution in [0.25, 0.3) is 0 Å². The van der Waals surface area contributed by atoms with E-state index in [1.165, 1.54) is 0 Å². The van der Waals surface area contributed by atoms with E-state index in [1.807, 2.05) is 0 Å². The number of aliphatic hydroxyl groups excluding tert-OH is 1. The number of nitrogens with zero attached hydrogens (tertiary/aromatic N) is 1. The molecule has 1 saturated carbocycles. The number of amides is 1. The van der Waals surface area contributed by atoms with Gasteiger partial charge in [0.05, 0.1) is 15.7 Å². The standard InChI is InChI=1S/C14H18Cl2N2O2/c15-11-7-9(8-12(17)13(11)16)14(20)18(5-2-6-19)10-3-1-4-10/h7-8,10,19H,1-6,17H2. The van der Waals surface area contributed by atoms with Crippen molar-refractivity contribution in [2.75, 3.05) is 18.9 Å². The quantitative estimate of drug-likeness (QED) is 0.821. The molecule has 0 aromatic heterocycles. The zero-order valence-electron chi connectivity index (χ0n) is 11.1. The third-order valence-corrected chi connectivity index (χ3v) is 4.45. The summed E-state index contributed by atoms with van der Waals surface area (Å²) in [5.41, 5.74) is 6.50. The van der Waals surface area contributed by atoms with Crippen LogP contribution in [0.3, 0.4) is 0 Å². The normalized spacial score (nSPS) is 14.9. The predicted molar refractivity (Wildman–Crippen MR) is 81.3 cm³/mol. The van der Waals surface area contributed by atoms with E-state index in [2.05, 4.69) is 0 Å². The second-order valence-corrected chi connectivity index (χ2v) is 5.81. The van der Waals surface area contributed by atoms with Gasteiger partial charge < -0.3 is 15.7 Å². The Morgan fingerprint density at radius 3 is 2.60 bits per heavy atom. The number of carbonyl (C=O) groups is 1. The SMILES string of the molecule is Nc1cc(C(=O)N(CCCO)C2CCC2)cc(Cl)c1Cl. The van der Waals surface area contributed by atoms with Crippen LogP contribution in [0.15, 0.2) is 12.1 Å². The average Bonchev–Trinajstić information content (AvgIpc) is 2.37. The third kappa shape index (κ3) is 3.19. The van der Waals surface area contributed by atoms with Crippen LogP contribution in [0.4, 0.5) is 5.69 Å². The summed E-state index contributed by atoms with van der Waals surface area (Å²) in [5.74, 6) is -0.103. The first-order chi connectivity index (χ1) is 9.54.